The number of rotatable bonds is 3. The van der Waals surface area contributed by atoms with Gasteiger partial charge in [-0.3, -0.25) is 4.79 Å². The van der Waals surface area contributed by atoms with Crippen molar-refractivity contribution in [2.24, 2.45) is 0 Å². The molecule has 1 aromatic carbocycles. The molecule has 0 aliphatic rings. The van der Waals surface area contributed by atoms with Crippen LogP contribution in [-0.2, 0) is 0 Å². The van der Waals surface area contributed by atoms with Crippen LogP contribution < -0.4 is 9.47 Å². The van der Waals surface area contributed by atoms with Gasteiger partial charge in [0.25, 0.3) is 5.78 Å². The summed E-state index contributed by atoms with van der Waals surface area (Å²) in [6, 6.07) is 1.32. The molecule has 0 saturated heterocycles. The summed E-state index contributed by atoms with van der Waals surface area (Å²) in [7, 11) is 2.36. The summed E-state index contributed by atoms with van der Waals surface area (Å²) in [5.41, 5.74) is -1.10. The number of ether oxygens (including phenoxy) is 2. The fourth-order valence-corrected chi connectivity index (χ4v) is 1.18. The van der Waals surface area contributed by atoms with Crippen molar-refractivity contribution in [2.75, 3.05) is 14.2 Å². The molecule has 0 aliphatic heterocycles. The third-order valence-corrected chi connectivity index (χ3v) is 1.98. The Morgan fingerprint density at radius 1 is 1.12 bits per heavy atom. The van der Waals surface area contributed by atoms with Gasteiger partial charge in [0, 0.05) is 6.07 Å². The molecule has 0 amide bonds. The minimum atomic E-state index is -5.14. The Bertz CT molecular complexity index is 440. The zero-order valence-corrected chi connectivity index (χ0v) is 8.89. The number of alkyl halides is 3. The second kappa shape index (κ2) is 4.60. The van der Waals surface area contributed by atoms with Crippen LogP contribution in [0.4, 0.5) is 17.6 Å². The van der Waals surface area contributed by atoms with Crippen LogP contribution in [0.15, 0.2) is 12.1 Å². The molecule has 0 saturated carbocycles. The fraction of sp³-hybridized carbons (Fsp3) is 0.300. The molecule has 7 heteroatoms. The molecule has 0 spiro atoms. The van der Waals surface area contributed by atoms with Gasteiger partial charge in [-0.05, 0) is 6.07 Å². The molecule has 1 rings (SSSR count). The highest BCUT2D eigenvalue weighted by Crippen LogP contribution is 2.32. The van der Waals surface area contributed by atoms with E-state index in [4.69, 9.17) is 0 Å². The maximum Gasteiger partial charge on any atom is 0.454 e. The molecule has 0 aliphatic carbocycles. The first-order chi connectivity index (χ1) is 7.81. The monoisotopic (exact) mass is 252 g/mol. The Kier molecular flexibility index (Phi) is 3.59. The molecular formula is C10H8F4O3. The van der Waals surface area contributed by atoms with Crippen molar-refractivity contribution in [1.29, 1.82) is 0 Å². The van der Waals surface area contributed by atoms with E-state index in [2.05, 4.69) is 9.47 Å². The Hall–Kier alpha value is -1.79. The minimum absolute atomic E-state index is 0.0938. The van der Waals surface area contributed by atoms with Gasteiger partial charge in [-0.15, -0.1) is 0 Å². The molecular weight excluding hydrogens is 244 g/mol. The summed E-state index contributed by atoms with van der Waals surface area (Å²) in [4.78, 5) is 10.9. The average Bonchev–Trinajstić information content (AvgIpc) is 2.26. The second-order valence-electron chi connectivity index (χ2n) is 3.01. The maximum absolute atomic E-state index is 13.3. The van der Waals surface area contributed by atoms with E-state index in [0.717, 1.165) is 7.11 Å². The molecule has 0 N–H and O–H groups in total. The van der Waals surface area contributed by atoms with Crippen molar-refractivity contribution < 1.29 is 31.8 Å². The lowest BCUT2D eigenvalue weighted by atomic mass is 10.1. The van der Waals surface area contributed by atoms with Crippen molar-refractivity contribution in [2.45, 2.75) is 6.18 Å². The van der Waals surface area contributed by atoms with Crippen LogP contribution in [-0.4, -0.2) is 26.2 Å². The molecule has 17 heavy (non-hydrogen) atoms. The number of carbonyl (C=O) groups is 1. The SMILES string of the molecule is COc1cc(F)c(C(=O)C(F)(F)F)cc1OC. The third-order valence-electron chi connectivity index (χ3n) is 1.98. The molecule has 0 aromatic heterocycles. The predicted molar refractivity (Wildman–Crippen MR) is 49.9 cm³/mol. The normalized spacial score (nSPS) is 11.2. The van der Waals surface area contributed by atoms with E-state index in [1.165, 1.54) is 7.11 Å². The van der Waals surface area contributed by atoms with Gasteiger partial charge in [0.05, 0.1) is 19.8 Å². The standard InChI is InChI=1S/C10H8F4O3/c1-16-7-3-5(9(15)10(12,13)14)6(11)4-8(7)17-2/h3-4H,1-2H3. The molecule has 0 unspecified atom stereocenters. The van der Waals surface area contributed by atoms with Crippen molar-refractivity contribution in [3.8, 4) is 11.5 Å². The van der Waals surface area contributed by atoms with Gasteiger partial charge in [0.15, 0.2) is 11.5 Å². The zero-order valence-electron chi connectivity index (χ0n) is 8.89. The van der Waals surface area contributed by atoms with E-state index in [-0.39, 0.29) is 11.5 Å². The van der Waals surface area contributed by atoms with Crippen molar-refractivity contribution >= 4 is 5.78 Å². The minimum Gasteiger partial charge on any atom is -0.493 e. The molecule has 1 aromatic rings. The van der Waals surface area contributed by atoms with E-state index in [9.17, 15) is 22.4 Å². The molecule has 0 bridgehead atoms. The number of Topliss-reactive ketones (excluding diaryl/α,β-unsaturated/α-hetero) is 1. The highest BCUT2D eigenvalue weighted by molar-refractivity contribution is 6.01. The lowest BCUT2D eigenvalue weighted by Gasteiger charge is -2.11. The summed E-state index contributed by atoms with van der Waals surface area (Å²) in [5.74, 6) is -3.83. The van der Waals surface area contributed by atoms with E-state index >= 15 is 0 Å². The first-order valence-electron chi connectivity index (χ1n) is 4.34. The van der Waals surface area contributed by atoms with Crippen LogP contribution in [0.5, 0.6) is 11.5 Å². The molecule has 0 heterocycles. The highest BCUT2D eigenvalue weighted by atomic mass is 19.4. The summed E-state index contributed by atoms with van der Waals surface area (Å²) < 4.78 is 59.1. The number of carbonyl (C=O) groups excluding carboxylic acids is 1. The predicted octanol–water partition coefficient (Wildman–Crippen LogP) is 2.59. The Labute approximate surface area is 93.9 Å². The smallest absolute Gasteiger partial charge is 0.454 e. The summed E-state index contributed by atoms with van der Waals surface area (Å²) >= 11 is 0. The van der Waals surface area contributed by atoms with Gasteiger partial charge < -0.3 is 9.47 Å². The van der Waals surface area contributed by atoms with E-state index in [0.29, 0.717) is 12.1 Å². The van der Waals surface area contributed by atoms with E-state index in [1.807, 2.05) is 0 Å². The first kappa shape index (κ1) is 13.3. The summed E-state index contributed by atoms with van der Waals surface area (Å²) in [5, 5.41) is 0. The van der Waals surface area contributed by atoms with Crippen LogP contribution in [0.1, 0.15) is 10.4 Å². The van der Waals surface area contributed by atoms with E-state index < -0.39 is 23.3 Å². The number of ketones is 1. The van der Waals surface area contributed by atoms with Crippen molar-refractivity contribution in [1.82, 2.24) is 0 Å². The topological polar surface area (TPSA) is 35.5 Å². The van der Waals surface area contributed by atoms with Gasteiger partial charge in [-0.25, -0.2) is 4.39 Å². The lowest BCUT2D eigenvalue weighted by Crippen LogP contribution is -2.23. The van der Waals surface area contributed by atoms with Crippen LogP contribution in [0.3, 0.4) is 0 Å². The van der Waals surface area contributed by atoms with Crippen LogP contribution in [0, 0.1) is 5.82 Å². The van der Waals surface area contributed by atoms with Crippen molar-refractivity contribution in [3.63, 3.8) is 0 Å². The Morgan fingerprint density at radius 2 is 1.59 bits per heavy atom. The van der Waals surface area contributed by atoms with E-state index in [1.54, 1.807) is 0 Å². The molecule has 0 atom stereocenters. The van der Waals surface area contributed by atoms with Crippen LogP contribution in [0.2, 0.25) is 0 Å². The number of benzene rings is 1. The van der Waals surface area contributed by atoms with Gasteiger partial charge in [0.1, 0.15) is 5.82 Å². The Morgan fingerprint density at radius 3 is 2.00 bits per heavy atom. The third kappa shape index (κ3) is 2.66. The molecule has 3 nitrogen and oxygen atoms in total. The first-order valence-corrected chi connectivity index (χ1v) is 4.34. The second-order valence-corrected chi connectivity index (χ2v) is 3.01. The van der Waals surface area contributed by atoms with Gasteiger partial charge >= 0.3 is 6.18 Å². The van der Waals surface area contributed by atoms with Crippen molar-refractivity contribution in [3.05, 3.63) is 23.5 Å². The Balaban J connectivity index is 3.31. The fourth-order valence-electron chi connectivity index (χ4n) is 1.18. The molecule has 0 fully saturated rings. The van der Waals surface area contributed by atoms with Gasteiger partial charge in [-0.1, -0.05) is 0 Å². The average molecular weight is 252 g/mol. The number of methoxy groups -OCH3 is 2. The number of halogens is 4. The van der Waals surface area contributed by atoms with Gasteiger partial charge in [0.2, 0.25) is 0 Å². The maximum atomic E-state index is 13.3. The number of hydrogen-bond acceptors (Lipinski definition) is 3. The summed E-state index contributed by atoms with van der Waals surface area (Å²) in [6.45, 7) is 0. The lowest BCUT2D eigenvalue weighted by molar-refractivity contribution is -0.0887. The molecule has 0 radical (unpaired) electrons. The number of hydrogen-bond donors (Lipinski definition) is 0. The largest absolute Gasteiger partial charge is 0.493 e. The van der Waals surface area contributed by atoms with Gasteiger partial charge in [-0.2, -0.15) is 13.2 Å². The molecule has 94 valence electrons. The van der Waals surface area contributed by atoms with Crippen LogP contribution in [0.25, 0.3) is 0 Å². The summed E-state index contributed by atoms with van der Waals surface area (Å²) in [6.07, 6.45) is -5.14. The zero-order chi connectivity index (χ0) is 13.2. The quantitative estimate of drug-likeness (QED) is 0.612. The van der Waals surface area contributed by atoms with Crippen LogP contribution >= 0.6 is 0 Å². The highest BCUT2D eigenvalue weighted by Gasteiger charge is 2.41.